The maximum Gasteiger partial charge on any atom is 0.236 e. The lowest BCUT2D eigenvalue weighted by molar-refractivity contribution is -0.122. The third-order valence-electron chi connectivity index (χ3n) is 1.63. The Morgan fingerprint density at radius 3 is 2.75 bits per heavy atom. The van der Waals surface area contributed by atoms with E-state index < -0.39 is 0 Å². The van der Waals surface area contributed by atoms with Crippen LogP contribution in [-0.2, 0) is 4.79 Å². The number of rotatable bonds is 6. The largest absolute Gasteiger partial charge is 0.355 e. The van der Waals surface area contributed by atoms with E-state index >= 15 is 0 Å². The normalized spacial score (nSPS) is 12.6. The molecule has 0 saturated heterocycles. The molecule has 0 aromatic heterocycles. The maximum absolute atomic E-state index is 11.1. The first-order valence-electron chi connectivity index (χ1n) is 4.40. The summed E-state index contributed by atoms with van der Waals surface area (Å²) in [6.45, 7) is 3.45. The zero-order valence-corrected chi connectivity index (χ0v) is 7.89. The minimum atomic E-state index is -0.349. The van der Waals surface area contributed by atoms with E-state index in [9.17, 15) is 4.79 Å². The quantitative estimate of drug-likeness (QED) is 0.472. The molecule has 4 N–H and O–H groups in total. The van der Waals surface area contributed by atoms with Crippen LogP contribution in [0.25, 0.3) is 0 Å². The van der Waals surface area contributed by atoms with Crippen molar-refractivity contribution < 1.29 is 4.79 Å². The van der Waals surface area contributed by atoms with E-state index in [0.717, 1.165) is 19.4 Å². The standard InChI is InChI=1S/C8H19N3O/c1-3-11-8(12)7(9)5-4-6-10-2/h7,10H,3-6,9H2,1-2H3,(H,11,12). The van der Waals surface area contributed by atoms with Gasteiger partial charge < -0.3 is 16.4 Å². The average Bonchev–Trinajstić information content (AvgIpc) is 2.05. The van der Waals surface area contributed by atoms with Gasteiger partial charge in [0, 0.05) is 6.54 Å². The number of hydrogen-bond acceptors (Lipinski definition) is 3. The molecule has 1 unspecified atom stereocenters. The first kappa shape index (κ1) is 11.4. The summed E-state index contributed by atoms with van der Waals surface area (Å²) in [5.74, 6) is -0.0476. The molecular formula is C8H19N3O. The molecule has 1 atom stereocenters. The summed E-state index contributed by atoms with van der Waals surface area (Å²) in [6, 6.07) is -0.349. The van der Waals surface area contributed by atoms with E-state index in [-0.39, 0.29) is 11.9 Å². The first-order chi connectivity index (χ1) is 5.72. The lowest BCUT2D eigenvalue weighted by Gasteiger charge is -2.10. The first-order valence-corrected chi connectivity index (χ1v) is 4.40. The van der Waals surface area contributed by atoms with Crippen LogP contribution in [0.3, 0.4) is 0 Å². The Bertz CT molecular complexity index is 127. The molecule has 0 aliphatic rings. The minimum Gasteiger partial charge on any atom is -0.355 e. The molecule has 4 heteroatoms. The van der Waals surface area contributed by atoms with Gasteiger partial charge in [-0.2, -0.15) is 0 Å². The van der Waals surface area contributed by atoms with Crippen LogP contribution in [0, 0.1) is 0 Å². The van der Waals surface area contributed by atoms with Crippen molar-refractivity contribution in [2.75, 3.05) is 20.1 Å². The van der Waals surface area contributed by atoms with Gasteiger partial charge in [0.05, 0.1) is 6.04 Å². The predicted molar refractivity (Wildman–Crippen MR) is 49.8 cm³/mol. The van der Waals surface area contributed by atoms with Gasteiger partial charge >= 0.3 is 0 Å². The van der Waals surface area contributed by atoms with Crippen LogP contribution in [0.2, 0.25) is 0 Å². The molecule has 0 rings (SSSR count). The van der Waals surface area contributed by atoms with Gasteiger partial charge in [0.15, 0.2) is 0 Å². The molecule has 0 aliphatic heterocycles. The van der Waals surface area contributed by atoms with Crippen molar-refractivity contribution in [1.82, 2.24) is 10.6 Å². The average molecular weight is 173 g/mol. The van der Waals surface area contributed by atoms with Crippen LogP contribution in [0.5, 0.6) is 0 Å². The highest BCUT2D eigenvalue weighted by Gasteiger charge is 2.10. The van der Waals surface area contributed by atoms with E-state index in [1.807, 2.05) is 14.0 Å². The van der Waals surface area contributed by atoms with E-state index in [0.29, 0.717) is 6.54 Å². The molecule has 0 bridgehead atoms. The van der Waals surface area contributed by atoms with Crippen LogP contribution in [-0.4, -0.2) is 32.1 Å². The van der Waals surface area contributed by atoms with Gasteiger partial charge in [0.1, 0.15) is 0 Å². The van der Waals surface area contributed by atoms with Crippen molar-refractivity contribution in [2.45, 2.75) is 25.8 Å². The summed E-state index contributed by atoms with van der Waals surface area (Å²) in [4.78, 5) is 11.1. The fourth-order valence-corrected chi connectivity index (χ4v) is 0.935. The highest BCUT2D eigenvalue weighted by Crippen LogP contribution is 1.92. The van der Waals surface area contributed by atoms with Crippen molar-refractivity contribution in [2.24, 2.45) is 5.73 Å². The van der Waals surface area contributed by atoms with Crippen molar-refractivity contribution in [3.8, 4) is 0 Å². The Hall–Kier alpha value is -0.610. The Balaban J connectivity index is 3.42. The van der Waals surface area contributed by atoms with E-state index in [4.69, 9.17) is 5.73 Å². The highest BCUT2D eigenvalue weighted by atomic mass is 16.2. The van der Waals surface area contributed by atoms with Gasteiger partial charge in [-0.25, -0.2) is 0 Å². The summed E-state index contributed by atoms with van der Waals surface area (Å²) in [6.07, 6.45) is 1.68. The van der Waals surface area contributed by atoms with Crippen molar-refractivity contribution in [3.05, 3.63) is 0 Å². The monoisotopic (exact) mass is 173 g/mol. The Kier molecular flexibility index (Phi) is 6.70. The van der Waals surface area contributed by atoms with Crippen LogP contribution in [0.15, 0.2) is 0 Å². The fourth-order valence-electron chi connectivity index (χ4n) is 0.935. The summed E-state index contributed by atoms with van der Waals surface area (Å²) in [7, 11) is 1.89. The number of amides is 1. The zero-order chi connectivity index (χ0) is 9.40. The van der Waals surface area contributed by atoms with Crippen LogP contribution in [0.4, 0.5) is 0 Å². The van der Waals surface area contributed by atoms with E-state index in [2.05, 4.69) is 10.6 Å². The molecule has 0 aromatic carbocycles. The molecule has 1 amide bonds. The molecule has 0 heterocycles. The lowest BCUT2D eigenvalue weighted by Crippen LogP contribution is -2.40. The molecule has 0 saturated carbocycles. The molecule has 0 radical (unpaired) electrons. The number of nitrogens with two attached hydrogens (primary N) is 1. The number of carbonyl (C=O) groups is 1. The molecule has 0 fully saturated rings. The topological polar surface area (TPSA) is 67.2 Å². The van der Waals surface area contributed by atoms with Crippen molar-refractivity contribution >= 4 is 5.91 Å². The smallest absolute Gasteiger partial charge is 0.236 e. The van der Waals surface area contributed by atoms with Gasteiger partial charge in [0.2, 0.25) is 5.91 Å². The molecule has 0 spiro atoms. The molecule has 72 valence electrons. The van der Waals surface area contributed by atoms with Crippen molar-refractivity contribution in [3.63, 3.8) is 0 Å². The van der Waals surface area contributed by atoms with E-state index in [1.165, 1.54) is 0 Å². The van der Waals surface area contributed by atoms with Gasteiger partial charge in [-0.05, 0) is 33.4 Å². The zero-order valence-electron chi connectivity index (χ0n) is 7.89. The number of nitrogens with one attached hydrogen (secondary N) is 2. The molecule has 0 aromatic rings. The van der Waals surface area contributed by atoms with Gasteiger partial charge in [-0.1, -0.05) is 0 Å². The lowest BCUT2D eigenvalue weighted by atomic mass is 10.1. The van der Waals surface area contributed by atoms with E-state index in [1.54, 1.807) is 0 Å². The molecule has 0 aliphatic carbocycles. The van der Waals surface area contributed by atoms with Gasteiger partial charge in [-0.3, -0.25) is 4.79 Å². The summed E-state index contributed by atoms with van der Waals surface area (Å²) in [5.41, 5.74) is 5.60. The number of hydrogen-bond donors (Lipinski definition) is 3. The minimum absolute atomic E-state index is 0.0476. The fraction of sp³-hybridized carbons (Fsp3) is 0.875. The molecule has 12 heavy (non-hydrogen) atoms. The summed E-state index contributed by atoms with van der Waals surface area (Å²) in [5, 5.41) is 5.69. The molecular weight excluding hydrogens is 154 g/mol. The Labute approximate surface area is 73.9 Å². The Morgan fingerprint density at radius 1 is 1.58 bits per heavy atom. The van der Waals surface area contributed by atoms with Crippen LogP contribution in [0.1, 0.15) is 19.8 Å². The Morgan fingerprint density at radius 2 is 2.25 bits per heavy atom. The third-order valence-corrected chi connectivity index (χ3v) is 1.63. The highest BCUT2D eigenvalue weighted by molar-refractivity contribution is 5.81. The number of carbonyl (C=O) groups excluding carboxylic acids is 1. The second kappa shape index (κ2) is 7.06. The van der Waals surface area contributed by atoms with Crippen LogP contribution < -0.4 is 16.4 Å². The second-order valence-electron chi connectivity index (χ2n) is 2.75. The summed E-state index contributed by atoms with van der Waals surface area (Å²) >= 11 is 0. The maximum atomic E-state index is 11.1. The third kappa shape index (κ3) is 5.09. The summed E-state index contributed by atoms with van der Waals surface area (Å²) < 4.78 is 0. The number of likely N-dealkylation sites (N-methyl/N-ethyl adjacent to an activating group) is 1. The van der Waals surface area contributed by atoms with Gasteiger partial charge in [-0.15, -0.1) is 0 Å². The van der Waals surface area contributed by atoms with Crippen LogP contribution >= 0.6 is 0 Å². The predicted octanol–water partition coefficient (Wildman–Crippen LogP) is -0.551. The second-order valence-corrected chi connectivity index (χ2v) is 2.75. The SMILES string of the molecule is CCNC(=O)C(N)CCCNC. The molecule has 4 nitrogen and oxygen atoms in total. The van der Waals surface area contributed by atoms with Gasteiger partial charge in [0.25, 0.3) is 0 Å². The van der Waals surface area contributed by atoms with Crippen molar-refractivity contribution in [1.29, 1.82) is 0 Å².